The van der Waals surface area contributed by atoms with Gasteiger partial charge in [-0.3, -0.25) is 4.79 Å². The van der Waals surface area contributed by atoms with Crippen molar-refractivity contribution in [3.8, 4) is 6.07 Å². The van der Waals surface area contributed by atoms with Crippen molar-refractivity contribution in [2.24, 2.45) is 0 Å². The van der Waals surface area contributed by atoms with Gasteiger partial charge in [0, 0.05) is 17.2 Å². The van der Waals surface area contributed by atoms with Gasteiger partial charge in [-0.25, -0.2) is 0 Å². The summed E-state index contributed by atoms with van der Waals surface area (Å²) in [7, 11) is 0. The van der Waals surface area contributed by atoms with Crippen LogP contribution in [0, 0.1) is 11.3 Å². The molecule has 0 N–H and O–H groups in total. The standard InChI is InChI=1S/C14H16N2OS/c1-2-8-16(9-7-15)14(17)12-10-18-13-6-4-3-5-11(12)13/h3-6,12H,2,8-10H2,1H3. The van der Waals surface area contributed by atoms with E-state index >= 15 is 0 Å². The zero-order chi connectivity index (χ0) is 13.0. The molecule has 1 aromatic rings. The summed E-state index contributed by atoms with van der Waals surface area (Å²) < 4.78 is 0. The number of fused-ring (bicyclic) bond motifs is 1. The molecule has 0 bridgehead atoms. The summed E-state index contributed by atoms with van der Waals surface area (Å²) in [5.41, 5.74) is 1.12. The zero-order valence-corrected chi connectivity index (χ0v) is 11.2. The van der Waals surface area contributed by atoms with Crippen molar-refractivity contribution in [1.82, 2.24) is 4.90 Å². The number of amides is 1. The predicted molar refractivity (Wildman–Crippen MR) is 72.4 cm³/mol. The molecule has 1 aliphatic heterocycles. The number of nitrogens with zero attached hydrogens (tertiary/aromatic N) is 2. The van der Waals surface area contributed by atoms with Crippen LogP contribution < -0.4 is 0 Å². The van der Waals surface area contributed by atoms with E-state index in [0.717, 1.165) is 17.7 Å². The summed E-state index contributed by atoms with van der Waals surface area (Å²) >= 11 is 1.73. The molecule has 18 heavy (non-hydrogen) atoms. The molecule has 1 unspecified atom stereocenters. The normalized spacial score (nSPS) is 17.0. The van der Waals surface area contributed by atoms with E-state index in [1.54, 1.807) is 16.7 Å². The molecule has 0 saturated heterocycles. The molecule has 0 aromatic heterocycles. The van der Waals surface area contributed by atoms with Crippen LogP contribution in [0.1, 0.15) is 24.8 Å². The molecular formula is C14H16N2OS. The molecule has 1 aromatic carbocycles. The van der Waals surface area contributed by atoms with Gasteiger partial charge < -0.3 is 4.90 Å². The van der Waals surface area contributed by atoms with Crippen LogP contribution in [-0.4, -0.2) is 29.6 Å². The lowest BCUT2D eigenvalue weighted by molar-refractivity contribution is -0.131. The summed E-state index contributed by atoms with van der Waals surface area (Å²) in [5.74, 6) is 0.811. The minimum atomic E-state index is -0.0777. The van der Waals surface area contributed by atoms with Crippen LogP contribution in [0.15, 0.2) is 29.2 Å². The van der Waals surface area contributed by atoms with Gasteiger partial charge in [0.15, 0.2) is 0 Å². The quantitative estimate of drug-likeness (QED) is 0.782. The molecular weight excluding hydrogens is 244 g/mol. The highest BCUT2D eigenvalue weighted by Gasteiger charge is 2.31. The highest BCUT2D eigenvalue weighted by Crippen LogP contribution is 2.40. The Balaban J connectivity index is 2.17. The predicted octanol–water partition coefficient (Wildman–Crippen LogP) is 2.64. The van der Waals surface area contributed by atoms with Gasteiger partial charge in [-0.2, -0.15) is 5.26 Å². The molecule has 4 heteroatoms. The van der Waals surface area contributed by atoms with Crippen molar-refractivity contribution >= 4 is 17.7 Å². The molecule has 0 saturated carbocycles. The van der Waals surface area contributed by atoms with E-state index in [4.69, 9.17) is 5.26 Å². The molecule has 94 valence electrons. The van der Waals surface area contributed by atoms with Gasteiger partial charge in [0.2, 0.25) is 5.91 Å². The molecule has 0 fully saturated rings. The lowest BCUT2D eigenvalue weighted by Crippen LogP contribution is -2.36. The van der Waals surface area contributed by atoms with E-state index in [1.165, 1.54) is 4.90 Å². The molecule has 1 heterocycles. The monoisotopic (exact) mass is 260 g/mol. The first-order valence-electron chi connectivity index (χ1n) is 6.15. The molecule has 3 nitrogen and oxygen atoms in total. The molecule has 0 aliphatic carbocycles. The molecule has 0 radical (unpaired) electrons. The highest BCUT2D eigenvalue weighted by molar-refractivity contribution is 7.99. The summed E-state index contributed by atoms with van der Waals surface area (Å²) in [6.07, 6.45) is 0.884. The van der Waals surface area contributed by atoms with Crippen molar-refractivity contribution in [3.63, 3.8) is 0 Å². The van der Waals surface area contributed by atoms with E-state index in [0.29, 0.717) is 6.54 Å². The molecule has 0 spiro atoms. The largest absolute Gasteiger partial charge is 0.329 e. The topological polar surface area (TPSA) is 44.1 Å². The number of benzene rings is 1. The van der Waals surface area contributed by atoms with E-state index in [1.807, 2.05) is 25.1 Å². The third-order valence-electron chi connectivity index (χ3n) is 3.06. The number of carbonyl (C=O) groups is 1. The fraction of sp³-hybridized carbons (Fsp3) is 0.429. The minimum Gasteiger partial charge on any atom is -0.329 e. The van der Waals surface area contributed by atoms with Crippen LogP contribution in [0.2, 0.25) is 0 Å². The minimum absolute atomic E-state index is 0.0777. The molecule has 1 atom stereocenters. The van der Waals surface area contributed by atoms with Crippen LogP contribution in [-0.2, 0) is 4.79 Å². The third-order valence-corrected chi connectivity index (χ3v) is 4.25. The van der Waals surface area contributed by atoms with Gasteiger partial charge in [0.1, 0.15) is 6.54 Å². The number of carbonyl (C=O) groups excluding carboxylic acids is 1. The number of thioether (sulfide) groups is 1. The first kappa shape index (κ1) is 13.0. The van der Waals surface area contributed by atoms with E-state index in [9.17, 15) is 4.79 Å². The Labute approximate surface area is 112 Å². The van der Waals surface area contributed by atoms with Crippen LogP contribution >= 0.6 is 11.8 Å². The molecule has 1 aliphatic rings. The SMILES string of the molecule is CCCN(CC#N)C(=O)C1CSc2ccccc21. The van der Waals surface area contributed by atoms with Crippen molar-refractivity contribution in [2.75, 3.05) is 18.8 Å². The summed E-state index contributed by atoms with van der Waals surface area (Å²) in [5, 5.41) is 8.80. The Hall–Kier alpha value is -1.47. The first-order valence-corrected chi connectivity index (χ1v) is 7.14. The van der Waals surface area contributed by atoms with E-state index < -0.39 is 0 Å². The maximum absolute atomic E-state index is 12.4. The Morgan fingerprint density at radius 3 is 3.06 bits per heavy atom. The fourth-order valence-electron chi connectivity index (χ4n) is 2.21. The summed E-state index contributed by atoms with van der Waals surface area (Å²) in [4.78, 5) is 15.3. The average molecular weight is 260 g/mol. The van der Waals surface area contributed by atoms with Gasteiger partial charge in [-0.15, -0.1) is 11.8 Å². The third kappa shape index (κ3) is 2.51. The number of nitriles is 1. The average Bonchev–Trinajstić information content (AvgIpc) is 2.81. The van der Waals surface area contributed by atoms with Crippen LogP contribution in [0.3, 0.4) is 0 Å². The lowest BCUT2D eigenvalue weighted by atomic mass is 10.00. The summed E-state index contributed by atoms with van der Waals surface area (Å²) in [6.45, 7) is 2.88. The van der Waals surface area contributed by atoms with Gasteiger partial charge >= 0.3 is 0 Å². The smallest absolute Gasteiger partial charge is 0.231 e. The maximum atomic E-state index is 12.4. The van der Waals surface area contributed by atoms with Crippen molar-refractivity contribution in [2.45, 2.75) is 24.2 Å². The van der Waals surface area contributed by atoms with E-state index in [-0.39, 0.29) is 18.4 Å². The van der Waals surface area contributed by atoms with Gasteiger partial charge in [-0.05, 0) is 18.1 Å². The van der Waals surface area contributed by atoms with Gasteiger partial charge in [0.05, 0.1) is 12.0 Å². The second-order valence-electron chi connectivity index (χ2n) is 4.32. The van der Waals surface area contributed by atoms with Crippen LogP contribution in [0.25, 0.3) is 0 Å². The van der Waals surface area contributed by atoms with Crippen molar-refractivity contribution < 1.29 is 4.79 Å². The zero-order valence-electron chi connectivity index (χ0n) is 10.4. The first-order chi connectivity index (χ1) is 8.77. The number of hydrogen-bond acceptors (Lipinski definition) is 3. The Kier molecular flexibility index (Phi) is 4.27. The van der Waals surface area contributed by atoms with Crippen molar-refractivity contribution in [1.29, 1.82) is 5.26 Å². The van der Waals surface area contributed by atoms with Gasteiger partial charge in [0.25, 0.3) is 0 Å². The Bertz CT molecular complexity index is 481. The Morgan fingerprint density at radius 2 is 2.33 bits per heavy atom. The summed E-state index contributed by atoms with van der Waals surface area (Å²) in [6, 6.07) is 10.1. The molecule has 1 amide bonds. The second kappa shape index (κ2) is 5.92. The van der Waals surface area contributed by atoms with E-state index in [2.05, 4.69) is 12.1 Å². The van der Waals surface area contributed by atoms with Gasteiger partial charge in [-0.1, -0.05) is 25.1 Å². The highest BCUT2D eigenvalue weighted by atomic mass is 32.2. The number of hydrogen-bond donors (Lipinski definition) is 0. The van der Waals surface area contributed by atoms with Crippen LogP contribution in [0.5, 0.6) is 0 Å². The Morgan fingerprint density at radius 1 is 1.56 bits per heavy atom. The lowest BCUT2D eigenvalue weighted by Gasteiger charge is -2.22. The van der Waals surface area contributed by atoms with Crippen molar-refractivity contribution in [3.05, 3.63) is 29.8 Å². The fourth-order valence-corrected chi connectivity index (χ4v) is 3.43. The second-order valence-corrected chi connectivity index (χ2v) is 5.38. The molecule has 2 rings (SSSR count). The maximum Gasteiger partial charge on any atom is 0.231 e. The number of rotatable bonds is 4. The van der Waals surface area contributed by atoms with Crippen LogP contribution in [0.4, 0.5) is 0 Å².